The van der Waals surface area contributed by atoms with Crippen molar-refractivity contribution in [1.29, 1.82) is 0 Å². The number of thioether (sulfide) groups is 2. The smallest absolute Gasteiger partial charge is 0.337 e. The molecule has 1 aliphatic heterocycles. The average Bonchev–Trinajstić information content (AvgIpc) is 3.22. The lowest BCUT2D eigenvalue weighted by Crippen LogP contribution is -2.21. The Bertz CT molecular complexity index is 817. The van der Waals surface area contributed by atoms with Crippen molar-refractivity contribution in [2.24, 2.45) is 0 Å². The first kappa shape index (κ1) is 19.6. The minimum Gasteiger partial charge on any atom is -0.484 e. The van der Waals surface area contributed by atoms with Crippen LogP contribution in [0.5, 0.6) is 5.75 Å². The molecule has 5 nitrogen and oxygen atoms in total. The summed E-state index contributed by atoms with van der Waals surface area (Å²) in [6, 6.07) is 12.9. The normalized spacial score (nSPS) is 14.0. The highest BCUT2D eigenvalue weighted by Crippen LogP contribution is 2.45. The highest BCUT2D eigenvalue weighted by Gasteiger charge is 2.18. The highest BCUT2D eigenvalue weighted by molar-refractivity contribution is 8.19. The molecule has 0 unspecified atom stereocenters. The molecule has 2 aromatic rings. The van der Waals surface area contributed by atoms with Crippen LogP contribution in [-0.4, -0.2) is 37.1 Å². The van der Waals surface area contributed by atoms with Crippen LogP contribution in [0.3, 0.4) is 0 Å². The number of hydrogen-bond donors (Lipinski definition) is 1. The molecular weight excluding hydrogens is 382 g/mol. The van der Waals surface area contributed by atoms with Crippen LogP contribution < -0.4 is 10.1 Å². The number of amides is 1. The third kappa shape index (κ3) is 5.20. The minimum absolute atomic E-state index is 0.103. The number of esters is 1. The molecule has 1 amide bonds. The van der Waals surface area contributed by atoms with E-state index in [4.69, 9.17) is 9.47 Å². The Hall–Kier alpha value is -2.12. The van der Waals surface area contributed by atoms with Gasteiger partial charge in [-0.05, 0) is 42.3 Å². The molecule has 0 spiro atoms. The van der Waals surface area contributed by atoms with Gasteiger partial charge in [0.25, 0.3) is 5.91 Å². The van der Waals surface area contributed by atoms with E-state index >= 15 is 0 Å². The van der Waals surface area contributed by atoms with E-state index in [1.165, 1.54) is 24.2 Å². The quantitative estimate of drug-likeness (QED) is 0.727. The number of methoxy groups -OCH3 is 1. The van der Waals surface area contributed by atoms with Crippen LogP contribution in [0.15, 0.2) is 42.5 Å². The molecule has 1 aliphatic rings. The second-order valence-corrected chi connectivity index (χ2v) is 8.73. The van der Waals surface area contributed by atoms with Gasteiger partial charge in [0.15, 0.2) is 6.61 Å². The zero-order valence-corrected chi connectivity index (χ0v) is 16.8. The van der Waals surface area contributed by atoms with Crippen LogP contribution in [0, 0.1) is 6.92 Å². The topological polar surface area (TPSA) is 64.6 Å². The first-order valence-corrected chi connectivity index (χ1v) is 10.6. The number of hydrogen-bond acceptors (Lipinski definition) is 6. The zero-order valence-electron chi connectivity index (χ0n) is 15.2. The van der Waals surface area contributed by atoms with E-state index in [1.54, 1.807) is 18.2 Å². The van der Waals surface area contributed by atoms with Gasteiger partial charge in [0.05, 0.1) is 17.3 Å². The van der Waals surface area contributed by atoms with E-state index < -0.39 is 5.97 Å². The van der Waals surface area contributed by atoms with E-state index in [9.17, 15) is 9.59 Å². The van der Waals surface area contributed by atoms with Gasteiger partial charge >= 0.3 is 5.97 Å². The SMILES string of the molecule is COC(=O)c1ccc(C)c(NC(=O)COc2ccc(C3SCCS3)cc2)c1. The van der Waals surface area contributed by atoms with Crippen molar-refractivity contribution in [1.82, 2.24) is 0 Å². The third-order valence-corrected chi connectivity index (χ3v) is 7.18. The van der Waals surface area contributed by atoms with Crippen molar-refractivity contribution in [3.63, 3.8) is 0 Å². The molecule has 0 bridgehead atoms. The Kier molecular flexibility index (Phi) is 6.68. The second kappa shape index (κ2) is 9.19. The molecule has 142 valence electrons. The maximum absolute atomic E-state index is 12.2. The summed E-state index contributed by atoms with van der Waals surface area (Å²) < 4.78 is 10.8. The number of benzene rings is 2. The van der Waals surface area contributed by atoms with Gasteiger partial charge in [0, 0.05) is 17.2 Å². The fourth-order valence-electron chi connectivity index (χ4n) is 2.61. The number of rotatable bonds is 6. The summed E-state index contributed by atoms with van der Waals surface area (Å²) in [5.41, 5.74) is 3.08. The van der Waals surface area contributed by atoms with Crippen molar-refractivity contribution < 1.29 is 19.1 Å². The fourth-order valence-corrected chi connectivity index (χ4v) is 5.47. The number of anilines is 1. The van der Waals surface area contributed by atoms with Crippen molar-refractivity contribution >= 4 is 41.1 Å². The Balaban J connectivity index is 1.56. The second-order valence-electron chi connectivity index (χ2n) is 6.00. The Morgan fingerprint density at radius 3 is 2.48 bits per heavy atom. The van der Waals surface area contributed by atoms with Gasteiger partial charge in [-0.3, -0.25) is 4.79 Å². The monoisotopic (exact) mass is 403 g/mol. The van der Waals surface area contributed by atoms with E-state index in [0.717, 1.165) is 5.56 Å². The largest absolute Gasteiger partial charge is 0.484 e. The van der Waals surface area contributed by atoms with Gasteiger partial charge < -0.3 is 14.8 Å². The molecule has 0 atom stereocenters. The van der Waals surface area contributed by atoms with Crippen LogP contribution in [0.2, 0.25) is 0 Å². The van der Waals surface area contributed by atoms with Gasteiger partial charge in [-0.1, -0.05) is 18.2 Å². The van der Waals surface area contributed by atoms with Gasteiger partial charge in [-0.2, -0.15) is 0 Å². The lowest BCUT2D eigenvalue weighted by Gasteiger charge is -2.12. The lowest BCUT2D eigenvalue weighted by atomic mass is 10.1. The first-order chi connectivity index (χ1) is 13.1. The van der Waals surface area contributed by atoms with Gasteiger partial charge in [0.2, 0.25) is 0 Å². The van der Waals surface area contributed by atoms with Crippen LogP contribution in [0.1, 0.15) is 26.1 Å². The van der Waals surface area contributed by atoms with Gasteiger partial charge in [0.1, 0.15) is 5.75 Å². The summed E-state index contributed by atoms with van der Waals surface area (Å²) in [6.07, 6.45) is 0. The summed E-state index contributed by atoms with van der Waals surface area (Å²) in [6.45, 7) is 1.75. The van der Waals surface area contributed by atoms with Crippen molar-refractivity contribution in [3.05, 3.63) is 59.2 Å². The van der Waals surface area contributed by atoms with E-state index in [0.29, 0.717) is 21.6 Å². The Labute approximate surface area is 167 Å². The summed E-state index contributed by atoms with van der Waals surface area (Å²) in [5.74, 6) is 2.29. The molecule has 1 saturated heterocycles. The molecular formula is C20H21NO4S2. The fraction of sp³-hybridized carbons (Fsp3) is 0.300. The molecule has 0 saturated carbocycles. The molecule has 0 aliphatic carbocycles. The molecule has 0 radical (unpaired) electrons. The van der Waals surface area contributed by atoms with Crippen LogP contribution >= 0.6 is 23.5 Å². The molecule has 0 aromatic heterocycles. The van der Waals surface area contributed by atoms with E-state index in [-0.39, 0.29) is 12.5 Å². The first-order valence-electron chi connectivity index (χ1n) is 8.51. The Morgan fingerprint density at radius 1 is 1.11 bits per heavy atom. The maximum Gasteiger partial charge on any atom is 0.337 e. The Morgan fingerprint density at radius 2 is 1.81 bits per heavy atom. The standard InChI is InChI=1S/C20H21NO4S2/c1-13-3-4-15(19(23)24-2)11-17(13)21-18(22)12-25-16-7-5-14(6-8-16)20-26-9-10-27-20/h3-8,11,20H,9-10,12H2,1-2H3,(H,21,22). The van der Waals surface area contributed by atoms with E-state index in [1.807, 2.05) is 54.7 Å². The minimum atomic E-state index is -0.444. The molecule has 1 heterocycles. The molecule has 2 aromatic carbocycles. The summed E-state index contributed by atoms with van der Waals surface area (Å²) in [5, 5.41) is 2.78. The van der Waals surface area contributed by atoms with Crippen LogP contribution in [0.4, 0.5) is 5.69 Å². The summed E-state index contributed by atoms with van der Waals surface area (Å²) in [4.78, 5) is 23.8. The van der Waals surface area contributed by atoms with Crippen molar-refractivity contribution in [2.45, 2.75) is 11.5 Å². The highest BCUT2D eigenvalue weighted by atomic mass is 32.2. The number of aryl methyl sites for hydroxylation is 1. The number of carbonyl (C=O) groups is 2. The van der Waals surface area contributed by atoms with E-state index in [2.05, 4.69) is 5.32 Å². The third-order valence-electron chi connectivity index (χ3n) is 4.08. The molecule has 7 heteroatoms. The van der Waals surface area contributed by atoms with Crippen LogP contribution in [0.25, 0.3) is 0 Å². The summed E-state index contributed by atoms with van der Waals surface area (Å²) in [7, 11) is 1.32. The van der Waals surface area contributed by atoms with Crippen LogP contribution in [-0.2, 0) is 9.53 Å². The number of nitrogens with one attached hydrogen (secondary N) is 1. The maximum atomic E-state index is 12.2. The molecule has 3 rings (SSSR count). The number of carbonyl (C=O) groups excluding carboxylic acids is 2. The van der Waals surface area contributed by atoms with Crippen molar-refractivity contribution in [2.75, 3.05) is 30.5 Å². The summed E-state index contributed by atoms with van der Waals surface area (Å²) >= 11 is 3.90. The predicted molar refractivity (Wildman–Crippen MR) is 111 cm³/mol. The zero-order chi connectivity index (χ0) is 19.2. The van der Waals surface area contributed by atoms with Crippen molar-refractivity contribution in [3.8, 4) is 5.75 Å². The van der Waals surface area contributed by atoms with Gasteiger partial charge in [-0.15, -0.1) is 23.5 Å². The number of ether oxygens (including phenoxy) is 2. The molecule has 1 N–H and O–H groups in total. The molecule has 27 heavy (non-hydrogen) atoms. The lowest BCUT2D eigenvalue weighted by molar-refractivity contribution is -0.118. The molecule has 1 fully saturated rings. The predicted octanol–water partition coefficient (Wildman–Crippen LogP) is 4.28. The van der Waals surface area contributed by atoms with Gasteiger partial charge in [-0.25, -0.2) is 4.79 Å². The average molecular weight is 404 g/mol.